The van der Waals surface area contributed by atoms with Crippen LogP contribution in [0.4, 0.5) is 0 Å². The molecule has 0 bridgehead atoms. The number of benzene rings is 1. The first-order valence-corrected chi connectivity index (χ1v) is 21.7. The average Bonchev–Trinajstić information content (AvgIpc) is 3.26. The molecule has 1 unspecified atom stereocenters. The van der Waals surface area contributed by atoms with Crippen LogP contribution in [0.25, 0.3) is 6.08 Å². The number of halogens is 2. The summed E-state index contributed by atoms with van der Waals surface area (Å²) in [6.07, 6.45) is 20.8. The maximum atomic E-state index is 2.80. The third kappa shape index (κ3) is 3.38. The summed E-state index contributed by atoms with van der Waals surface area (Å²) in [5, 5.41) is 0. The first-order chi connectivity index (χ1) is 11.1. The molecule has 1 fully saturated rings. The third-order valence-corrected chi connectivity index (χ3v) is 33.7. The summed E-state index contributed by atoms with van der Waals surface area (Å²) >= 11 is -3.10. The summed E-state index contributed by atoms with van der Waals surface area (Å²) < 4.78 is 6.38. The zero-order valence-electron chi connectivity index (χ0n) is 15.1. The summed E-state index contributed by atoms with van der Waals surface area (Å²) in [6, 6.07) is 9.17. The molecule has 3 aliphatic rings. The molecule has 0 N–H and O–H groups in total. The molecule has 1 aromatic carbocycles. The first-order valence-electron chi connectivity index (χ1n) is 9.29. The molecule has 0 aromatic heterocycles. The minimum atomic E-state index is -3.10. The van der Waals surface area contributed by atoms with E-state index in [1.165, 1.54) is 44.1 Å². The number of allylic oxidation sites excluding steroid dienone is 5. The fraction of sp³-hybridized carbons (Fsp3) is 0.429. The van der Waals surface area contributed by atoms with Gasteiger partial charge in [-0.1, -0.05) is 0 Å². The van der Waals surface area contributed by atoms with E-state index >= 15 is 0 Å². The van der Waals surface area contributed by atoms with Crippen LogP contribution in [0.5, 0.6) is 0 Å². The van der Waals surface area contributed by atoms with Gasteiger partial charge >= 0.3 is 144 Å². The van der Waals surface area contributed by atoms with E-state index in [2.05, 4.69) is 66.2 Å². The molecule has 0 saturated heterocycles. The Morgan fingerprint density at radius 2 is 1.76 bits per heavy atom. The van der Waals surface area contributed by atoms with Gasteiger partial charge in [0, 0.05) is 0 Å². The van der Waals surface area contributed by atoms with E-state index in [0.29, 0.717) is 0 Å². The molecule has 0 heterocycles. The molecule has 4 rings (SSSR count). The van der Waals surface area contributed by atoms with Gasteiger partial charge in [0.1, 0.15) is 0 Å². The van der Waals surface area contributed by atoms with Crippen LogP contribution in [0.3, 0.4) is 0 Å². The van der Waals surface area contributed by atoms with Crippen molar-refractivity contribution in [1.29, 1.82) is 0 Å². The van der Waals surface area contributed by atoms with Crippen molar-refractivity contribution in [3.8, 4) is 0 Å². The maximum absolute atomic E-state index is 3.10. The Labute approximate surface area is 167 Å². The van der Waals surface area contributed by atoms with Crippen molar-refractivity contribution in [1.82, 2.24) is 0 Å². The molecular weight excluding hydrogens is 442 g/mol. The van der Waals surface area contributed by atoms with Crippen LogP contribution in [-0.2, 0) is 17.4 Å². The van der Waals surface area contributed by atoms with E-state index in [-0.39, 0.29) is 24.8 Å². The van der Waals surface area contributed by atoms with Crippen molar-refractivity contribution >= 4 is 37.8 Å². The Balaban J connectivity index is 0.00000113. The number of fused-ring (bicyclic) bond motifs is 1. The molecular formula is C21H30Cl2SiZr. The summed E-state index contributed by atoms with van der Waals surface area (Å²) in [5.74, 6) is 0. The normalized spacial score (nSPS) is 22.8. The van der Waals surface area contributed by atoms with Gasteiger partial charge in [0.25, 0.3) is 0 Å². The van der Waals surface area contributed by atoms with Gasteiger partial charge in [0.05, 0.1) is 0 Å². The zero-order valence-corrected chi connectivity index (χ0v) is 20.6. The molecule has 1 atom stereocenters. The van der Waals surface area contributed by atoms with Crippen molar-refractivity contribution in [2.24, 2.45) is 0 Å². The Bertz CT molecular complexity index is 787. The van der Waals surface area contributed by atoms with Gasteiger partial charge in [0.15, 0.2) is 0 Å². The van der Waals surface area contributed by atoms with Crippen LogP contribution in [0.1, 0.15) is 53.3 Å². The molecule has 0 aliphatic heterocycles. The number of hydrogen-bond acceptors (Lipinski definition) is 0. The van der Waals surface area contributed by atoms with E-state index < -0.39 is 17.4 Å². The summed E-state index contributed by atoms with van der Waals surface area (Å²) in [5.41, 5.74) is 3.11. The molecule has 136 valence electrons. The third-order valence-electron chi connectivity index (χ3n) is 7.10. The quantitative estimate of drug-likeness (QED) is 0.442. The van der Waals surface area contributed by atoms with Crippen molar-refractivity contribution in [2.75, 3.05) is 0 Å². The van der Waals surface area contributed by atoms with Gasteiger partial charge in [-0.05, 0) is 0 Å². The molecule has 1 saturated carbocycles. The second-order valence-electron chi connectivity index (χ2n) is 8.35. The fourth-order valence-corrected chi connectivity index (χ4v) is 27.6. The van der Waals surface area contributed by atoms with Crippen molar-refractivity contribution in [3.05, 3.63) is 63.0 Å². The molecule has 0 nitrogen and oxygen atoms in total. The van der Waals surface area contributed by atoms with Crippen LogP contribution < -0.4 is 0 Å². The van der Waals surface area contributed by atoms with Crippen LogP contribution >= 0.6 is 24.8 Å². The number of hydrogen-bond donors (Lipinski definition) is 0. The van der Waals surface area contributed by atoms with Gasteiger partial charge in [-0.3, -0.25) is 0 Å². The summed E-state index contributed by atoms with van der Waals surface area (Å²) in [6.45, 7) is 2.51. The minimum absolute atomic E-state index is 0. The van der Waals surface area contributed by atoms with E-state index in [1.807, 2.05) is 3.28 Å². The van der Waals surface area contributed by atoms with E-state index in [1.54, 1.807) is 5.56 Å². The van der Waals surface area contributed by atoms with E-state index in [0.717, 1.165) is 7.25 Å². The Morgan fingerprint density at radius 3 is 2.44 bits per heavy atom. The van der Waals surface area contributed by atoms with E-state index in [4.69, 9.17) is 0 Å². The molecule has 25 heavy (non-hydrogen) atoms. The Kier molecular flexibility index (Phi) is 6.86. The van der Waals surface area contributed by atoms with Crippen molar-refractivity contribution in [2.45, 2.75) is 50.4 Å². The summed E-state index contributed by atoms with van der Waals surface area (Å²) in [4.78, 5) is 0. The second-order valence-corrected chi connectivity index (χ2v) is 35.5. The average molecular weight is 473 g/mol. The van der Waals surface area contributed by atoms with E-state index in [9.17, 15) is 0 Å². The zero-order chi connectivity index (χ0) is 15.9. The molecule has 0 amide bonds. The van der Waals surface area contributed by atoms with Gasteiger partial charge in [-0.25, -0.2) is 0 Å². The van der Waals surface area contributed by atoms with Gasteiger partial charge in [0.2, 0.25) is 0 Å². The van der Waals surface area contributed by atoms with Gasteiger partial charge in [-0.2, -0.15) is 0 Å². The monoisotopic (exact) mass is 470 g/mol. The van der Waals surface area contributed by atoms with Gasteiger partial charge in [-0.15, -0.1) is 24.8 Å². The van der Waals surface area contributed by atoms with Crippen LogP contribution in [-0.4, -0.2) is 6.88 Å². The SMILES string of the molecule is Cl.Cl.[CH3][Zr](=[SiH2])([C]1=CC=CC1)([CH]1CCCCC1)[CH]1C=Cc2ccccc21. The second kappa shape index (κ2) is 8.01. The number of rotatable bonds is 3. The molecule has 4 heteroatoms. The standard InChI is InChI=1S/C9H7.C6H11.C5H5.CH3.2ClH.H2Si.Zr/c1-2-5-9-7-3-6-8(9)4-1;1-2-4-6-5-3-1;1-2-4-5-3-1;;;;;/h1-7H;1H,2-6H2;1-3H,4H2;1H3;2*1H;1H2;. The molecule has 3 aliphatic carbocycles. The molecule has 0 spiro atoms. The molecule has 1 aromatic rings. The van der Waals surface area contributed by atoms with Crippen molar-refractivity contribution in [3.63, 3.8) is 0 Å². The predicted molar refractivity (Wildman–Crippen MR) is 116 cm³/mol. The fourth-order valence-electron chi connectivity index (χ4n) is 5.55. The van der Waals surface area contributed by atoms with Gasteiger partial charge < -0.3 is 0 Å². The van der Waals surface area contributed by atoms with Crippen LogP contribution in [0.2, 0.25) is 8.26 Å². The Morgan fingerprint density at radius 1 is 1.04 bits per heavy atom. The summed E-state index contributed by atoms with van der Waals surface area (Å²) in [7, 11) is 0. The first kappa shape index (κ1) is 21.4. The van der Waals surface area contributed by atoms with Crippen LogP contribution in [0, 0.1) is 0 Å². The topological polar surface area (TPSA) is 0 Å². The van der Waals surface area contributed by atoms with Crippen LogP contribution in [0.15, 0.2) is 51.9 Å². The molecule has 0 radical (unpaired) electrons. The Hall–Kier alpha value is 0.120. The van der Waals surface area contributed by atoms with Crippen molar-refractivity contribution < 1.29 is 17.4 Å². The predicted octanol–water partition coefficient (Wildman–Crippen LogP) is 6.48.